The SMILES string of the molecule is C[NH+]=CC(CCCF)=NN. The van der Waals surface area contributed by atoms with Gasteiger partial charge in [0.2, 0.25) is 0 Å². The lowest BCUT2D eigenvalue weighted by Gasteiger charge is -1.90. The van der Waals surface area contributed by atoms with Gasteiger partial charge in [-0.05, 0) is 12.8 Å². The van der Waals surface area contributed by atoms with Crippen LogP contribution in [-0.2, 0) is 0 Å². The molecule has 0 aromatic rings. The second-order valence-corrected chi connectivity index (χ2v) is 1.85. The number of rotatable bonds is 4. The molecule has 0 fully saturated rings. The van der Waals surface area contributed by atoms with Gasteiger partial charge in [0, 0.05) is 0 Å². The Bertz CT molecular complexity index is 131. The molecule has 0 saturated carbocycles. The lowest BCUT2D eigenvalue weighted by atomic mass is 10.2. The van der Waals surface area contributed by atoms with Gasteiger partial charge in [-0.2, -0.15) is 5.10 Å². The third-order valence-corrected chi connectivity index (χ3v) is 1.04. The highest BCUT2D eigenvalue weighted by Crippen LogP contribution is 1.89. The second-order valence-electron chi connectivity index (χ2n) is 1.85. The molecule has 0 saturated heterocycles. The Labute approximate surface area is 59.8 Å². The van der Waals surface area contributed by atoms with Crippen LogP contribution >= 0.6 is 0 Å². The van der Waals surface area contributed by atoms with Gasteiger partial charge in [0.25, 0.3) is 0 Å². The molecule has 4 heteroatoms. The summed E-state index contributed by atoms with van der Waals surface area (Å²) in [6.45, 7) is -0.323. The molecule has 3 nitrogen and oxygen atoms in total. The Kier molecular flexibility index (Phi) is 5.62. The number of nitrogens with zero attached hydrogens (tertiary/aromatic N) is 1. The van der Waals surface area contributed by atoms with Crippen molar-refractivity contribution in [1.82, 2.24) is 0 Å². The molecule has 0 aliphatic heterocycles. The van der Waals surface area contributed by atoms with Gasteiger partial charge >= 0.3 is 0 Å². The standard InChI is InChI=1S/C6H12FN3/c1-9-5-6(10-8)3-2-4-7/h5H,2-4,8H2,1H3/p+1. The first kappa shape index (κ1) is 9.07. The predicted octanol–water partition coefficient (Wildman–Crippen LogP) is -1.17. The number of alkyl halides is 1. The number of hydrazone groups is 1. The number of nitrogens with one attached hydrogen (secondary N) is 1. The summed E-state index contributed by atoms with van der Waals surface area (Å²) in [4.78, 5) is 2.77. The minimum absolute atomic E-state index is 0.323. The Morgan fingerprint density at radius 2 is 2.50 bits per heavy atom. The maximum absolute atomic E-state index is 11.6. The molecular formula is C6H13FN3+. The zero-order chi connectivity index (χ0) is 7.82. The topological polar surface area (TPSA) is 52.3 Å². The van der Waals surface area contributed by atoms with Crippen molar-refractivity contribution >= 4 is 11.9 Å². The van der Waals surface area contributed by atoms with E-state index in [0.717, 1.165) is 0 Å². The van der Waals surface area contributed by atoms with Gasteiger partial charge < -0.3 is 5.84 Å². The van der Waals surface area contributed by atoms with Crippen LogP contribution in [0.25, 0.3) is 0 Å². The molecule has 0 amide bonds. The zero-order valence-corrected chi connectivity index (χ0v) is 6.10. The van der Waals surface area contributed by atoms with Crippen molar-refractivity contribution in [2.45, 2.75) is 12.8 Å². The van der Waals surface area contributed by atoms with Crippen LogP contribution in [0.2, 0.25) is 0 Å². The maximum atomic E-state index is 11.6. The van der Waals surface area contributed by atoms with Crippen molar-refractivity contribution in [2.24, 2.45) is 10.9 Å². The van der Waals surface area contributed by atoms with Crippen LogP contribution in [0.3, 0.4) is 0 Å². The molecule has 0 rings (SSSR count). The molecule has 0 aliphatic rings. The molecule has 0 spiro atoms. The number of hydrogen-bond donors (Lipinski definition) is 2. The molecule has 0 aromatic heterocycles. The summed E-state index contributed by atoms with van der Waals surface area (Å²) < 4.78 is 11.6. The molecule has 0 radical (unpaired) electrons. The van der Waals surface area contributed by atoms with Crippen LogP contribution < -0.4 is 10.8 Å². The fraction of sp³-hybridized carbons (Fsp3) is 0.667. The van der Waals surface area contributed by atoms with E-state index >= 15 is 0 Å². The zero-order valence-electron chi connectivity index (χ0n) is 6.10. The van der Waals surface area contributed by atoms with E-state index in [1.807, 2.05) is 0 Å². The van der Waals surface area contributed by atoms with Crippen LogP contribution in [0.5, 0.6) is 0 Å². The average molecular weight is 146 g/mol. The first-order valence-corrected chi connectivity index (χ1v) is 3.18. The third kappa shape index (κ3) is 4.00. The minimum Gasteiger partial charge on any atom is -0.323 e. The quantitative estimate of drug-likeness (QED) is 0.293. The maximum Gasteiger partial charge on any atom is 0.185 e. The average Bonchev–Trinajstić information content (AvgIpc) is 1.98. The summed E-state index contributed by atoms with van der Waals surface area (Å²) in [5.41, 5.74) is 0.695. The molecule has 58 valence electrons. The normalized spacial score (nSPS) is 12.8. The van der Waals surface area contributed by atoms with Gasteiger partial charge in [-0.15, -0.1) is 0 Å². The van der Waals surface area contributed by atoms with E-state index in [1.54, 1.807) is 13.3 Å². The molecule has 10 heavy (non-hydrogen) atoms. The summed E-state index contributed by atoms with van der Waals surface area (Å²) in [7, 11) is 1.75. The van der Waals surface area contributed by atoms with Crippen molar-refractivity contribution in [1.29, 1.82) is 0 Å². The smallest absolute Gasteiger partial charge is 0.185 e. The van der Waals surface area contributed by atoms with Crippen molar-refractivity contribution in [3.8, 4) is 0 Å². The molecule has 0 unspecified atom stereocenters. The van der Waals surface area contributed by atoms with E-state index in [9.17, 15) is 4.39 Å². The van der Waals surface area contributed by atoms with Gasteiger partial charge in [-0.25, -0.2) is 4.99 Å². The van der Waals surface area contributed by atoms with Crippen molar-refractivity contribution in [3.05, 3.63) is 0 Å². The Morgan fingerprint density at radius 3 is 2.90 bits per heavy atom. The van der Waals surface area contributed by atoms with Gasteiger partial charge in [-0.3, -0.25) is 4.39 Å². The van der Waals surface area contributed by atoms with Crippen LogP contribution in [0.4, 0.5) is 4.39 Å². The van der Waals surface area contributed by atoms with E-state index in [2.05, 4.69) is 10.1 Å². The predicted molar refractivity (Wildman–Crippen MR) is 39.8 cm³/mol. The number of halogens is 1. The summed E-state index contributed by atoms with van der Waals surface area (Å²) in [6.07, 6.45) is 2.73. The lowest BCUT2D eigenvalue weighted by molar-refractivity contribution is -0.412. The van der Waals surface area contributed by atoms with Gasteiger partial charge in [0.15, 0.2) is 6.21 Å². The summed E-state index contributed by atoms with van der Waals surface area (Å²) in [5.74, 6) is 4.99. The van der Waals surface area contributed by atoms with E-state index in [-0.39, 0.29) is 6.67 Å². The van der Waals surface area contributed by atoms with Gasteiger partial charge in [0.1, 0.15) is 12.8 Å². The van der Waals surface area contributed by atoms with Crippen LogP contribution in [-0.4, -0.2) is 25.6 Å². The number of nitrogens with two attached hydrogens (primary N) is 1. The summed E-state index contributed by atoms with van der Waals surface area (Å²) >= 11 is 0. The van der Waals surface area contributed by atoms with Crippen molar-refractivity contribution in [3.63, 3.8) is 0 Å². The molecule has 0 atom stereocenters. The third-order valence-electron chi connectivity index (χ3n) is 1.04. The molecular weight excluding hydrogens is 133 g/mol. The minimum atomic E-state index is -0.323. The molecule has 0 aromatic carbocycles. The summed E-state index contributed by atoms with van der Waals surface area (Å²) in [6, 6.07) is 0. The van der Waals surface area contributed by atoms with E-state index in [0.29, 0.717) is 18.6 Å². The van der Waals surface area contributed by atoms with E-state index < -0.39 is 0 Å². The number of hydrogen-bond acceptors (Lipinski definition) is 2. The highest BCUT2D eigenvalue weighted by molar-refractivity contribution is 6.28. The molecule has 0 heterocycles. The molecule has 0 bridgehead atoms. The lowest BCUT2D eigenvalue weighted by Crippen LogP contribution is -2.64. The van der Waals surface area contributed by atoms with Crippen LogP contribution in [0.1, 0.15) is 12.8 Å². The Morgan fingerprint density at radius 1 is 1.80 bits per heavy atom. The van der Waals surface area contributed by atoms with Gasteiger partial charge in [0.05, 0.1) is 6.67 Å². The fourth-order valence-electron chi connectivity index (χ4n) is 0.589. The van der Waals surface area contributed by atoms with Crippen molar-refractivity contribution < 1.29 is 9.38 Å². The molecule has 0 aliphatic carbocycles. The monoisotopic (exact) mass is 146 g/mol. The first-order valence-electron chi connectivity index (χ1n) is 3.18. The first-order chi connectivity index (χ1) is 4.85. The highest BCUT2D eigenvalue weighted by atomic mass is 19.1. The van der Waals surface area contributed by atoms with Crippen LogP contribution in [0.15, 0.2) is 5.10 Å². The van der Waals surface area contributed by atoms with E-state index in [4.69, 9.17) is 5.84 Å². The van der Waals surface area contributed by atoms with Gasteiger partial charge in [-0.1, -0.05) is 0 Å². The Balaban J connectivity index is 3.62. The molecule has 3 N–H and O–H groups in total. The fourth-order valence-corrected chi connectivity index (χ4v) is 0.589. The van der Waals surface area contributed by atoms with Crippen LogP contribution in [0, 0.1) is 0 Å². The second kappa shape index (κ2) is 6.19. The largest absolute Gasteiger partial charge is 0.323 e. The Hall–Kier alpha value is -0.930. The van der Waals surface area contributed by atoms with E-state index in [1.165, 1.54) is 0 Å². The highest BCUT2D eigenvalue weighted by Gasteiger charge is 1.96. The summed E-state index contributed by atoms with van der Waals surface area (Å²) in [5, 5.41) is 3.45. The van der Waals surface area contributed by atoms with Crippen molar-refractivity contribution in [2.75, 3.05) is 13.7 Å².